The normalized spacial score (nSPS) is 13.5. The van der Waals surface area contributed by atoms with E-state index in [2.05, 4.69) is 5.32 Å². The first-order valence-corrected chi connectivity index (χ1v) is 7.21. The third-order valence-electron chi connectivity index (χ3n) is 3.51. The molecule has 2 rings (SSSR count). The Kier molecular flexibility index (Phi) is 5.32. The molecule has 4 N–H and O–H groups in total. The van der Waals surface area contributed by atoms with Gasteiger partial charge in [-0.1, -0.05) is 6.07 Å². The molecule has 2 atom stereocenters. The molecular weight excluding hydrogens is 318 g/mol. The first-order chi connectivity index (χ1) is 11.3. The predicted molar refractivity (Wildman–Crippen MR) is 83.7 cm³/mol. The smallest absolute Gasteiger partial charge is 0.351 e. The van der Waals surface area contributed by atoms with Crippen LogP contribution in [0.1, 0.15) is 35.4 Å². The van der Waals surface area contributed by atoms with Crippen molar-refractivity contribution in [3.8, 4) is 0 Å². The zero-order valence-corrected chi connectivity index (χ0v) is 12.9. The Balaban J connectivity index is 2.25. The van der Waals surface area contributed by atoms with E-state index in [4.69, 9.17) is 9.52 Å². The van der Waals surface area contributed by atoms with Crippen molar-refractivity contribution < 1.29 is 29.3 Å². The van der Waals surface area contributed by atoms with E-state index in [0.717, 1.165) is 6.07 Å². The van der Waals surface area contributed by atoms with E-state index in [-0.39, 0.29) is 24.5 Å². The summed E-state index contributed by atoms with van der Waals surface area (Å²) in [6.45, 7) is 1.55. The molecule has 1 amide bonds. The van der Waals surface area contributed by atoms with Gasteiger partial charge in [0.1, 0.15) is 17.3 Å². The summed E-state index contributed by atoms with van der Waals surface area (Å²) in [4.78, 5) is 33.3. The maximum Gasteiger partial charge on any atom is 0.351 e. The van der Waals surface area contributed by atoms with E-state index < -0.39 is 29.4 Å². The van der Waals surface area contributed by atoms with Gasteiger partial charge >= 0.3 is 11.6 Å². The van der Waals surface area contributed by atoms with Crippen molar-refractivity contribution in [2.45, 2.75) is 25.6 Å². The quantitative estimate of drug-likeness (QED) is 0.561. The molecule has 2 unspecified atom stereocenters. The van der Waals surface area contributed by atoms with Gasteiger partial charge in [0.15, 0.2) is 0 Å². The molecule has 0 bridgehead atoms. The van der Waals surface area contributed by atoms with E-state index in [0.29, 0.717) is 10.9 Å². The fourth-order valence-electron chi connectivity index (χ4n) is 2.25. The molecular formula is C16H17NO7. The molecule has 8 heteroatoms. The lowest BCUT2D eigenvalue weighted by Gasteiger charge is -2.18. The molecule has 0 fully saturated rings. The summed E-state index contributed by atoms with van der Waals surface area (Å²) in [5, 5.41) is 31.9. The van der Waals surface area contributed by atoms with E-state index in [9.17, 15) is 24.6 Å². The maximum atomic E-state index is 11.5. The van der Waals surface area contributed by atoms with Gasteiger partial charge in [0.2, 0.25) is 5.91 Å². The van der Waals surface area contributed by atoms with Gasteiger partial charge in [0.25, 0.3) is 0 Å². The highest BCUT2D eigenvalue weighted by molar-refractivity contribution is 5.91. The van der Waals surface area contributed by atoms with Gasteiger partial charge in [-0.2, -0.15) is 0 Å². The van der Waals surface area contributed by atoms with Crippen LogP contribution in [0.15, 0.2) is 33.5 Å². The van der Waals surface area contributed by atoms with Crippen molar-refractivity contribution in [1.29, 1.82) is 0 Å². The molecule has 0 spiro atoms. The molecule has 1 heterocycles. The van der Waals surface area contributed by atoms with Crippen LogP contribution >= 0.6 is 0 Å². The highest BCUT2D eigenvalue weighted by atomic mass is 16.4. The molecule has 8 nitrogen and oxygen atoms in total. The number of aromatic carboxylic acids is 1. The summed E-state index contributed by atoms with van der Waals surface area (Å²) >= 11 is 0. The predicted octanol–water partition coefficient (Wildman–Crippen LogP) is 0.412. The molecule has 0 aliphatic heterocycles. The standard InChI is InChI=1S/C16H17NO7/c1-8(18)17-5-4-12(19)14(20)9-2-3-13-10(6-9)7-11(15(21)22)16(23)24-13/h2-3,6-7,12,14,19-20H,4-5H2,1H3,(H,17,18)(H,21,22). The van der Waals surface area contributed by atoms with Gasteiger partial charge in [-0.15, -0.1) is 0 Å². The zero-order valence-electron chi connectivity index (χ0n) is 12.9. The topological polar surface area (TPSA) is 137 Å². The molecule has 0 saturated carbocycles. The fraction of sp³-hybridized carbons (Fsp3) is 0.312. The van der Waals surface area contributed by atoms with Crippen LogP contribution in [0.4, 0.5) is 0 Å². The zero-order chi connectivity index (χ0) is 17.9. The molecule has 0 saturated heterocycles. The van der Waals surface area contributed by atoms with Crippen LogP contribution in [-0.4, -0.2) is 39.8 Å². The van der Waals surface area contributed by atoms with Gasteiger partial charge in [0.05, 0.1) is 6.10 Å². The molecule has 0 aliphatic carbocycles. The lowest BCUT2D eigenvalue weighted by Crippen LogP contribution is -2.27. The van der Waals surface area contributed by atoms with Crippen molar-refractivity contribution in [2.75, 3.05) is 6.54 Å². The number of hydrogen-bond donors (Lipinski definition) is 4. The van der Waals surface area contributed by atoms with Gasteiger partial charge < -0.3 is 25.1 Å². The van der Waals surface area contributed by atoms with Crippen molar-refractivity contribution in [1.82, 2.24) is 5.32 Å². The minimum atomic E-state index is -1.41. The van der Waals surface area contributed by atoms with Crippen molar-refractivity contribution in [3.05, 3.63) is 45.8 Å². The largest absolute Gasteiger partial charge is 0.477 e. The SMILES string of the molecule is CC(=O)NCCC(O)C(O)c1ccc2oc(=O)c(C(=O)O)cc2c1. The molecule has 1 aromatic heterocycles. The van der Waals surface area contributed by atoms with Crippen LogP contribution in [0, 0.1) is 0 Å². The van der Waals surface area contributed by atoms with Crippen LogP contribution in [0.2, 0.25) is 0 Å². The number of carboxylic acids is 1. The van der Waals surface area contributed by atoms with Crippen LogP contribution in [0.5, 0.6) is 0 Å². The summed E-state index contributed by atoms with van der Waals surface area (Å²) in [5.41, 5.74) is -0.962. The molecule has 128 valence electrons. The molecule has 0 radical (unpaired) electrons. The first kappa shape index (κ1) is 17.6. The van der Waals surface area contributed by atoms with Crippen molar-refractivity contribution in [3.63, 3.8) is 0 Å². The van der Waals surface area contributed by atoms with Crippen molar-refractivity contribution >= 4 is 22.8 Å². The van der Waals surface area contributed by atoms with Gasteiger partial charge in [-0.25, -0.2) is 9.59 Å². The first-order valence-electron chi connectivity index (χ1n) is 7.21. The van der Waals surface area contributed by atoms with Crippen LogP contribution in [0.3, 0.4) is 0 Å². The van der Waals surface area contributed by atoms with Gasteiger partial charge in [-0.3, -0.25) is 4.79 Å². The second-order valence-corrected chi connectivity index (χ2v) is 5.33. The lowest BCUT2D eigenvalue weighted by molar-refractivity contribution is -0.119. The highest BCUT2D eigenvalue weighted by Crippen LogP contribution is 2.23. The highest BCUT2D eigenvalue weighted by Gasteiger charge is 2.19. The van der Waals surface area contributed by atoms with Crippen LogP contribution in [-0.2, 0) is 4.79 Å². The molecule has 0 aliphatic rings. The third-order valence-corrected chi connectivity index (χ3v) is 3.51. The minimum absolute atomic E-state index is 0.142. The molecule has 2 aromatic rings. The summed E-state index contributed by atoms with van der Waals surface area (Å²) in [5.74, 6) is -1.65. The molecule has 24 heavy (non-hydrogen) atoms. The Bertz CT molecular complexity index is 827. The number of fused-ring (bicyclic) bond motifs is 1. The van der Waals surface area contributed by atoms with Crippen molar-refractivity contribution in [2.24, 2.45) is 0 Å². The summed E-state index contributed by atoms with van der Waals surface area (Å²) < 4.78 is 4.91. The Labute approximate surface area is 136 Å². The number of carbonyl (C=O) groups excluding carboxylic acids is 1. The monoisotopic (exact) mass is 335 g/mol. The van der Waals surface area contributed by atoms with E-state index in [1.165, 1.54) is 25.1 Å². The van der Waals surface area contributed by atoms with E-state index in [1.54, 1.807) is 0 Å². The lowest BCUT2D eigenvalue weighted by atomic mass is 10.00. The Morgan fingerprint density at radius 2 is 1.96 bits per heavy atom. The number of amides is 1. The number of aliphatic hydroxyl groups excluding tert-OH is 2. The second-order valence-electron chi connectivity index (χ2n) is 5.33. The van der Waals surface area contributed by atoms with Crippen LogP contribution < -0.4 is 10.9 Å². The number of nitrogens with one attached hydrogen (secondary N) is 1. The maximum absolute atomic E-state index is 11.5. The van der Waals surface area contributed by atoms with Crippen LogP contribution in [0.25, 0.3) is 11.0 Å². The van der Waals surface area contributed by atoms with Gasteiger partial charge in [0, 0.05) is 18.9 Å². The third kappa shape index (κ3) is 3.98. The Hall–Kier alpha value is -2.71. The number of carboxylic acid groups (broad SMARTS) is 1. The number of rotatable bonds is 6. The number of benzene rings is 1. The number of hydrogen-bond acceptors (Lipinski definition) is 6. The average molecular weight is 335 g/mol. The number of carbonyl (C=O) groups is 2. The summed E-state index contributed by atoms with van der Waals surface area (Å²) in [6, 6.07) is 5.49. The van der Waals surface area contributed by atoms with Gasteiger partial charge in [-0.05, 0) is 30.2 Å². The second kappa shape index (κ2) is 7.24. The Morgan fingerprint density at radius 1 is 1.25 bits per heavy atom. The minimum Gasteiger partial charge on any atom is -0.477 e. The summed E-state index contributed by atoms with van der Waals surface area (Å²) in [6.07, 6.45) is -2.21. The number of aliphatic hydroxyl groups is 2. The Morgan fingerprint density at radius 3 is 2.58 bits per heavy atom. The fourth-order valence-corrected chi connectivity index (χ4v) is 2.25. The van der Waals surface area contributed by atoms with E-state index >= 15 is 0 Å². The average Bonchev–Trinajstić information content (AvgIpc) is 2.52. The molecule has 1 aromatic carbocycles. The van der Waals surface area contributed by atoms with E-state index in [1.807, 2.05) is 0 Å². The summed E-state index contributed by atoms with van der Waals surface area (Å²) in [7, 11) is 0.